The molecule has 0 bridgehead atoms. The van der Waals surface area contributed by atoms with E-state index < -0.39 is 0 Å². The Morgan fingerprint density at radius 3 is 2.88 bits per heavy atom. The largest absolute Gasteiger partial charge is 0.366 e. The third kappa shape index (κ3) is 2.91. The van der Waals surface area contributed by atoms with E-state index in [2.05, 4.69) is 15.3 Å². The summed E-state index contributed by atoms with van der Waals surface area (Å²) < 4.78 is 13.4. The molecule has 0 aliphatic carbocycles. The van der Waals surface area contributed by atoms with Gasteiger partial charge in [-0.1, -0.05) is 18.2 Å². The summed E-state index contributed by atoms with van der Waals surface area (Å²) >= 11 is 5.69. The van der Waals surface area contributed by atoms with E-state index in [1.165, 1.54) is 6.07 Å². The van der Waals surface area contributed by atoms with Gasteiger partial charge < -0.3 is 5.32 Å². The molecule has 0 aliphatic heterocycles. The first kappa shape index (κ1) is 11.8. The normalized spacial score (nSPS) is 10.3. The fourth-order valence-corrected chi connectivity index (χ4v) is 1.55. The molecule has 17 heavy (non-hydrogen) atoms. The van der Waals surface area contributed by atoms with Crippen molar-refractivity contribution in [3.8, 4) is 0 Å². The number of nitrogens with one attached hydrogen (secondary N) is 1. The fourth-order valence-electron chi connectivity index (χ4n) is 1.42. The molecule has 1 aromatic carbocycles. The zero-order valence-corrected chi connectivity index (χ0v) is 10.0. The van der Waals surface area contributed by atoms with Crippen LogP contribution in [0.15, 0.2) is 30.5 Å². The van der Waals surface area contributed by atoms with Crippen LogP contribution in [-0.4, -0.2) is 9.97 Å². The molecule has 0 spiro atoms. The zero-order chi connectivity index (χ0) is 12.3. The van der Waals surface area contributed by atoms with Crippen LogP contribution in [0.4, 0.5) is 10.2 Å². The summed E-state index contributed by atoms with van der Waals surface area (Å²) in [6, 6.07) is 6.60. The van der Waals surface area contributed by atoms with Crippen molar-refractivity contribution in [1.29, 1.82) is 0 Å². The van der Waals surface area contributed by atoms with Gasteiger partial charge in [0.15, 0.2) is 0 Å². The second-order valence-corrected chi connectivity index (χ2v) is 3.95. The number of hydrogen-bond acceptors (Lipinski definition) is 3. The molecule has 0 amide bonds. The topological polar surface area (TPSA) is 37.8 Å². The summed E-state index contributed by atoms with van der Waals surface area (Å²) in [5, 5.41) is 3.21. The highest BCUT2D eigenvalue weighted by atomic mass is 35.5. The van der Waals surface area contributed by atoms with E-state index in [1.54, 1.807) is 24.4 Å². The minimum atomic E-state index is -0.238. The first-order valence-electron chi connectivity index (χ1n) is 5.13. The molecular formula is C12H11ClFN3. The molecule has 0 radical (unpaired) electrons. The lowest BCUT2D eigenvalue weighted by atomic mass is 10.2. The van der Waals surface area contributed by atoms with Crippen molar-refractivity contribution in [3.63, 3.8) is 0 Å². The average Bonchev–Trinajstić information content (AvgIpc) is 2.32. The first-order chi connectivity index (χ1) is 8.16. The van der Waals surface area contributed by atoms with Crippen LogP contribution in [0.1, 0.15) is 11.1 Å². The number of anilines is 1. The van der Waals surface area contributed by atoms with E-state index in [-0.39, 0.29) is 11.1 Å². The molecule has 0 unspecified atom stereocenters. The molecule has 0 fully saturated rings. The van der Waals surface area contributed by atoms with Gasteiger partial charge in [0.05, 0.1) is 0 Å². The number of aromatic nitrogens is 2. The maximum Gasteiger partial charge on any atom is 0.224 e. The second-order valence-electron chi connectivity index (χ2n) is 3.62. The SMILES string of the molecule is Cc1cnc(Cl)nc1NCc1ccccc1F. The molecule has 0 saturated carbocycles. The lowest BCUT2D eigenvalue weighted by Gasteiger charge is -2.08. The van der Waals surface area contributed by atoms with Crippen molar-refractivity contribution in [2.75, 3.05) is 5.32 Å². The van der Waals surface area contributed by atoms with E-state index >= 15 is 0 Å². The van der Waals surface area contributed by atoms with Crippen LogP contribution in [0.2, 0.25) is 5.28 Å². The summed E-state index contributed by atoms with van der Waals surface area (Å²) in [7, 11) is 0. The minimum absolute atomic E-state index is 0.173. The Hall–Kier alpha value is -1.68. The number of aryl methyl sites for hydroxylation is 1. The second kappa shape index (κ2) is 5.10. The molecule has 88 valence electrons. The quantitative estimate of drug-likeness (QED) is 0.852. The zero-order valence-electron chi connectivity index (χ0n) is 9.24. The minimum Gasteiger partial charge on any atom is -0.366 e. The Morgan fingerprint density at radius 1 is 1.35 bits per heavy atom. The van der Waals surface area contributed by atoms with Crippen molar-refractivity contribution in [1.82, 2.24) is 9.97 Å². The third-order valence-corrected chi connectivity index (χ3v) is 2.53. The van der Waals surface area contributed by atoms with E-state index in [0.29, 0.717) is 17.9 Å². The van der Waals surface area contributed by atoms with Crippen molar-refractivity contribution >= 4 is 17.4 Å². The molecular weight excluding hydrogens is 241 g/mol. The van der Waals surface area contributed by atoms with Crippen LogP contribution in [0.25, 0.3) is 0 Å². The van der Waals surface area contributed by atoms with Crippen LogP contribution < -0.4 is 5.32 Å². The van der Waals surface area contributed by atoms with E-state index in [0.717, 1.165) is 5.56 Å². The predicted octanol–water partition coefficient (Wildman–Crippen LogP) is 3.19. The van der Waals surface area contributed by atoms with Crippen molar-refractivity contribution < 1.29 is 4.39 Å². The Morgan fingerprint density at radius 2 is 2.12 bits per heavy atom. The monoisotopic (exact) mass is 251 g/mol. The Kier molecular flexibility index (Phi) is 3.54. The van der Waals surface area contributed by atoms with Crippen molar-refractivity contribution in [3.05, 3.63) is 52.7 Å². The van der Waals surface area contributed by atoms with E-state index in [9.17, 15) is 4.39 Å². The molecule has 2 rings (SSSR count). The van der Waals surface area contributed by atoms with Crippen molar-refractivity contribution in [2.24, 2.45) is 0 Å². The van der Waals surface area contributed by atoms with Gasteiger partial charge in [-0.15, -0.1) is 0 Å². The molecule has 0 atom stereocenters. The Balaban J connectivity index is 2.12. The van der Waals surface area contributed by atoms with Gasteiger partial charge >= 0.3 is 0 Å². The number of hydrogen-bond donors (Lipinski definition) is 1. The van der Waals surface area contributed by atoms with Crippen LogP contribution in [0.5, 0.6) is 0 Å². The van der Waals surface area contributed by atoms with Gasteiger partial charge in [-0.05, 0) is 24.6 Å². The lowest BCUT2D eigenvalue weighted by Crippen LogP contribution is -2.05. The molecule has 0 aliphatic rings. The number of benzene rings is 1. The maximum absolute atomic E-state index is 13.4. The van der Waals surface area contributed by atoms with Gasteiger partial charge in [0, 0.05) is 23.9 Å². The van der Waals surface area contributed by atoms with Crippen LogP contribution in [0.3, 0.4) is 0 Å². The molecule has 2 aromatic rings. The molecule has 1 aromatic heterocycles. The van der Waals surface area contributed by atoms with E-state index in [1.807, 2.05) is 6.92 Å². The molecule has 0 saturated heterocycles. The maximum atomic E-state index is 13.4. The van der Waals surface area contributed by atoms with Gasteiger partial charge in [-0.3, -0.25) is 0 Å². The molecule has 1 heterocycles. The van der Waals surface area contributed by atoms with Crippen LogP contribution in [0, 0.1) is 12.7 Å². The Labute approximate surface area is 104 Å². The summed E-state index contributed by atoms with van der Waals surface area (Å²) in [5.41, 5.74) is 1.45. The van der Waals surface area contributed by atoms with Crippen LogP contribution in [-0.2, 0) is 6.54 Å². The summed E-state index contributed by atoms with van der Waals surface area (Å²) in [5.74, 6) is 0.381. The van der Waals surface area contributed by atoms with Gasteiger partial charge in [-0.25, -0.2) is 14.4 Å². The summed E-state index contributed by atoms with van der Waals surface area (Å²) in [4.78, 5) is 7.89. The Bertz CT molecular complexity index is 531. The highest BCUT2D eigenvalue weighted by Crippen LogP contribution is 2.15. The standard InChI is InChI=1S/C12H11ClFN3/c1-8-6-16-12(13)17-11(8)15-7-9-4-2-3-5-10(9)14/h2-6H,7H2,1H3,(H,15,16,17). The van der Waals surface area contributed by atoms with Gasteiger partial charge in [-0.2, -0.15) is 0 Å². The van der Waals surface area contributed by atoms with Gasteiger partial charge in [0.1, 0.15) is 11.6 Å². The molecule has 3 nitrogen and oxygen atoms in total. The predicted molar refractivity (Wildman–Crippen MR) is 65.5 cm³/mol. The highest BCUT2D eigenvalue weighted by Gasteiger charge is 2.04. The number of halogens is 2. The number of nitrogens with zero attached hydrogens (tertiary/aromatic N) is 2. The number of rotatable bonds is 3. The van der Waals surface area contributed by atoms with Gasteiger partial charge in [0.25, 0.3) is 0 Å². The first-order valence-corrected chi connectivity index (χ1v) is 5.51. The average molecular weight is 252 g/mol. The summed E-state index contributed by atoms with van der Waals surface area (Å²) in [6.07, 6.45) is 1.62. The van der Waals surface area contributed by atoms with Gasteiger partial charge in [0.2, 0.25) is 5.28 Å². The lowest BCUT2D eigenvalue weighted by molar-refractivity contribution is 0.613. The third-order valence-electron chi connectivity index (χ3n) is 2.35. The van der Waals surface area contributed by atoms with Crippen molar-refractivity contribution in [2.45, 2.75) is 13.5 Å². The van der Waals surface area contributed by atoms with E-state index in [4.69, 9.17) is 11.6 Å². The summed E-state index contributed by atoms with van der Waals surface area (Å²) in [6.45, 7) is 2.22. The van der Waals surface area contributed by atoms with Crippen LogP contribution >= 0.6 is 11.6 Å². The highest BCUT2D eigenvalue weighted by molar-refractivity contribution is 6.28. The fraction of sp³-hybridized carbons (Fsp3) is 0.167. The smallest absolute Gasteiger partial charge is 0.224 e. The molecule has 1 N–H and O–H groups in total. The molecule has 5 heteroatoms.